The maximum atomic E-state index is 12.0. The van der Waals surface area contributed by atoms with Gasteiger partial charge in [-0.3, -0.25) is 19.7 Å². The van der Waals surface area contributed by atoms with Gasteiger partial charge >= 0.3 is 0 Å². The highest BCUT2D eigenvalue weighted by molar-refractivity contribution is 8.13. The lowest BCUT2D eigenvalue weighted by Gasteiger charge is -2.10. The summed E-state index contributed by atoms with van der Waals surface area (Å²) < 4.78 is 0. The Bertz CT molecular complexity index is 865. The van der Waals surface area contributed by atoms with Gasteiger partial charge in [0.1, 0.15) is 0 Å². The third-order valence-corrected chi connectivity index (χ3v) is 4.21. The van der Waals surface area contributed by atoms with E-state index < -0.39 is 4.92 Å². The molecule has 7 nitrogen and oxygen atoms in total. The minimum atomic E-state index is -0.490. The van der Waals surface area contributed by atoms with Gasteiger partial charge in [-0.1, -0.05) is 18.2 Å². The third kappa shape index (κ3) is 5.75. The van der Waals surface area contributed by atoms with Gasteiger partial charge in [0.2, 0.25) is 5.91 Å². The summed E-state index contributed by atoms with van der Waals surface area (Å²) in [6, 6.07) is 12.9. The molecule has 1 N–H and O–H groups in total. The van der Waals surface area contributed by atoms with Crippen LogP contribution in [-0.4, -0.2) is 35.1 Å². The lowest BCUT2D eigenvalue weighted by molar-refractivity contribution is -0.384. The first kappa shape index (κ1) is 19.2. The molecule has 0 saturated carbocycles. The van der Waals surface area contributed by atoms with Gasteiger partial charge < -0.3 is 10.2 Å². The van der Waals surface area contributed by atoms with Crippen molar-refractivity contribution in [1.29, 1.82) is 0 Å². The molecule has 0 spiro atoms. The molecule has 2 aromatic rings. The molecule has 0 aliphatic rings. The Morgan fingerprint density at radius 3 is 2.58 bits per heavy atom. The summed E-state index contributed by atoms with van der Waals surface area (Å²) in [6.45, 7) is 0. The second-order valence-corrected chi connectivity index (χ2v) is 6.49. The van der Waals surface area contributed by atoms with Gasteiger partial charge in [-0.25, -0.2) is 0 Å². The van der Waals surface area contributed by atoms with Crippen LogP contribution in [0, 0.1) is 10.1 Å². The zero-order chi connectivity index (χ0) is 19.1. The standard InChI is InChI=1S/C18H17N3O4S/c1-20(2)18(23)26-16-8-4-6-14(12-16)19-17(22)10-9-13-5-3-7-15(11-13)21(24)25/h3-12H,1-2H3,(H,19,22)/b10-9+. The van der Waals surface area contributed by atoms with Gasteiger partial charge in [0.05, 0.1) is 4.92 Å². The maximum Gasteiger partial charge on any atom is 0.285 e. The molecule has 0 saturated heterocycles. The number of benzene rings is 2. The van der Waals surface area contributed by atoms with Gasteiger partial charge in [-0.2, -0.15) is 0 Å². The summed E-state index contributed by atoms with van der Waals surface area (Å²) in [5.74, 6) is -0.377. The molecule has 0 fully saturated rings. The number of hydrogen-bond donors (Lipinski definition) is 1. The lowest BCUT2D eigenvalue weighted by Crippen LogP contribution is -2.16. The number of nitrogens with one attached hydrogen (secondary N) is 1. The SMILES string of the molecule is CN(C)C(=O)Sc1cccc(NC(=O)/C=C/c2cccc([N+](=O)[O-])c2)c1. The summed E-state index contributed by atoms with van der Waals surface area (Å²) >= 11 is 1.06. The highest BCUT2D eigenvalue weighted by Crippen LogP contribution is 2.23. The van der Waals surface area contributed by atoms with Crippen molar-refractivity contribution in [2.75, 3.05) is 19.4 Å². The largest absolute Gasteiger partial charge is 0.339 e. The van der Waals surface area contributed by atoms with E-state index in [9.17, 15) is 19.7 Å². The van der Waals surface area contributed by atoms with E-state index in [1.807, 2.05) is 0 Å². The van der Waals surface area contributed by atoms with Crippen LogP contribution in [0.2, 0.25) is 0 Å². The fourth-order valence-corrected chi connectivity index (χ4v) is 2.64. The first-order valence-electron chi connectivity index (χ1n) is 7.58. The fourth-order valence-electron chi connectivity index (χ4n) is 1.93. The molecule has 0 aliphatic carbocycles. The number of anilines is 1. The molecule has 0 unspecified atom stereocenters. The van der Waals surface area contributed by atoms with Gasteiger partial charge in [0.25, 0.3) is 10.9 Å². The molecular weight excluding hydrogens is 354 g/mol. The van der Waals surface area contributed by atoms with Crippen LogP contribution in [0.4, 0.5) is 16.2 Å². The highest BCUT2D eigenvalue weighted by atomic mass is 32.2. The van der Waals surface area contributed by atoms with E-state index in [0.29, 0.717) is 16.1 Å². The number of nitro groups is 1. The molecular formula is C18H17N3O4S. The second-order valence-electron chi connectivity index (χ2n) is 5.46. The normalized spacial score (nSPS) is 10.5. The predicted octanol–water partition coefficient (Wildman–Crippen LogP) is 4.02. The van der Waals surface area contributed by atoms with Crippen molar-refractivity contribution in [1.82, 2.24) is 4.90 Å². The maximum absolute atomic E-state index is 12.0. The van der Waals surface area contributed by atoms with Crippen molar-refractivity contribution in [2.24, 2.45) is 0 Å². The fraction of sp³-hybridized carbons (Fsp3) is 0.111. The van der Waals surface area contributed by atoms with E-state index in [4.69, 9.17) is 0 Å². The zero-order valence-electron chi connectivity index (χ0n) is 14.2. The molecule has 0 bridgehead atoms. The van der Waals surface area contributed by atoms with E-state index in [2.05, 4.69) is 5.32 Å². The number of hydrogen-bond acceptors (Lipinski definition) is 5. The van der Waals surface area contributed by atoms with Crippen LogP contribution in [0.15, 0.2) is 59.5 Å². The molecule has 0 radical (unpaired) electrons. The Balaban J connectivity index is 2.02. The predicted molar refractivity (Wildman–Crippen MR) is 102 cm³/mol. The van der Waals surface area contributed by atoms with Crippen molar-refractivity contribution in [3.05, 3.63) is 70.3 Å². The smallest absolute Gasteiger partial charge is 0.285 e. The average Bonchev–Trinajstić information content (AvgIpc) is 2.60. The quantitative estimate of drug-likeness (QED) is 0.371. The van der Waals surface area contributed by atoms with E-state index in [0.717, 1.165) is 11.8 Å². The minimum Gasteiger partial charge on any atom is -0.339 e. The first-order chi connectivity index (χ1) is 12.3. The number of non-ortho nitro benzene ring substituents is 1. The van der Waals surface area contributed by atoms with E-state index in [1.54, 1.807) is 50.5 Å². The minimum absolute atomic E-state index is 0.0390. The monoisotopic (exact) mass is 371 g/mol. The molecule has 2 amide bonds. The van der Waals surface area contributed by atoms with Crippen molar-refractivity contribution < 1.29 is 14.5 Å². The Hall–Kier alpha value is -3.13. The van der Waals surface area contributed by atoms with Crippen LogP contribution < -0.4 is 5.32 Å². The van der Waals surface area contributed by atoms with Crippen molar-refractivity contribution >= 4 is 40.4 Å². The van der Waals surface area contributed by atoms with Gasteiger partial charge in [-0.15, -0.1) is 0 Å². The van der Waals surface area contributed by atoms with E-state index >= 15 is 0 Å². The van der Waals surface area contributed by atoms with Crippen molar-refractivity contribution in [3.8, 4) is 0 Å². The van der Waals surface area contributed by atoms with E-state index in [-0.39, 0.29) is 16.8 Å². The van der Waals surface area contributed by atoms with Gasteiger partial charge in [-0.05, 0) is 41.6 Å². The third-order valence-electron chi connectivity index (χ3n) is 3.18. The van der Waals surface area contributed by atoms with Crippen molar-refractivity contribution in [2.45, 2.75) is 4.90 Å². The Morgan fingerprint density at radius 1 is 1.15 bits per heavy atom. The molecule has 0 aliphatic heterocycles. The number of nitrogens with zero attached hydrogens (tertiary/aromatic N) is 2. The number of carbonyl (C=O) groups is 2. The Morgan fingerprint density at radius 2 is 1.88 bits per heavy atom. The number of carbonyl (C=O) groups excluding carboxylic acids is 2. The summed E-state index contributed by atoms with van der Waals surface area (Å²) in [7, 11) is 3.33. The summed E-state index contributed by atoms with van der Waals surface area (Å²) in [6.07, 6.45) is 2.79. The number of thioether (sulfide) groups is 1. The van der Waals surface area contributed by atoms with Crippen molar-refractivity contribution in [3.63, 3.8) is 0 Å². The zero-order valence-corrected chi connectivity index (χ0v) is 15.0. The van der Waals surface area contributed by atoms with Gasteiger partial charge in [0, 0.05) is 42.9 Å². The second kappa shape index (κ2) is 8.82. The Kier molecular flexibility index (Phi) is 6.51. The van der Waals surface area contributed by atoms with Crippen LogP contribution in [0.25, 0.3) is 6.08 Å². The highest BCUT2D eigenvalue weighted by Gasteiger charge is 2.08. The van der Waals surface area contributed by atoms with Crippen LogP contribution in [0.5, 0.6) is 0 Å². The first-order valence-corrected chi connectivity index (χ1v) is 8.39. The summed E-state index contributed by atoms with van der Waals surface area (Å²) in [5, 5.41) is 13.3. The van der Waals surface area contributed by atoms with Gasteiger partial charge in [0.15, 0.2) is 0 Å². The van der Waals surface area contributed by atoms with Crippen LogP contribution in [-0.2, 0) is 4.79 Å². The van der Waals surface area contributed by atoms with E-state index in [1.165, 1.54) is 29.2 Å². The summed E-state index contributed by atoms with van der Waals surface area (Å²) in [5.41, 5.74) is 1.06. The van der Waals surface area contributed by atoms with Crippen LogP contribution >= 0.6 is 11.8 Å². The molecule has 134 valence electrons. The average molecular weight is 371 g/mol. The number of nitro benzene ring substituents is 1. The van der Waals surface area contributed by atoms with Crippen LogP contribution in [0.3, 0.4) is 0 Å². The molecule has 2 aromatic carbocycles. The lowest BCUT2D eigenvalue weighted by atomic mass is 10.2. The molecule has 0 atom stereocenters. The molecule has 0 aromatic heterocycles. The Labute approximate surface area is 154 Å². The summed E-state index contributed by atoms with van der Waals surface area (Å²) in [4.78, 5) is 36.2. The molecule has 8 heteroatoms. The molecule has 0 heterocycles. The number of rotatable bonds is 5. The topological polar surface area (TPSA) is 92.6 Å². The molecule has 2 rings (SSSR count). The van der Waals surface area contributed by atoms with Crippen LogP contribution in [0.1, 0.15) is 5.56 Å². The molecule has 26 heavy (non-hydrogen) atoms. The number of amides is 2.